The Kier molecular flexibility index (Phi) is 9.39. The van der Waals surface area contributed by atoms with E-state index in [0.717, 1.165) is 22.0 Å². The number of carbonyl (C=O) groups is 2. The first-order valence-electron chi connectivity index (χ1n) is 11.8. The van der Waals surface area contributed by atoms with E-state index in [1.807, 2.05) is 60.8 Å². The minimum absolute atomic E-state index is 0.153. The van der Waals surface area contributed by atoms with E-state index in [-0.39, 0.29) is 24.8 Å². The molecule has 0 saturated carbocycles. The van der Waals surface area contributed by atoms with E-state index in [2.05, 4.69) is 15.6 Å². The van der Waals surface area contributed by atoms with Crippen molar-refractivity contribution in [3.8, 4) is 0 Å². The van der Waals surface area contributed by atoms with Gasteiger partial charge in [0.2, 0.25) is 5.91 Å². The summed E-state index contributed by atoms with van der Waals surface area (Å²) in [6, 6.07) is 15.4. The predicted molar refractivity (Wildman–Crippen MR) is 137 cm³/mol. The number of amides is 1. The van der Waals surface area contributed by atoms with Gasteiger partial charge in [0.25, 0.3) is 0 Å². The van der Waals surface area contributed by atoms with E-state index in [0.29, 0.717) is 25.8 Å². The standard InChI is InChI=1S/C26H34N6O3/c27-21(15-18-16-31-22-10-5-4-9-19(18)22)25(35)32-23(11-6-13-30-26(28)29)24(34)20(12-14-33)17-7-2-1-3-8-17/h1-5,7-10,16,20-21,23,31,33H,6,11-15,27H2,(H,32,35)(H4,28,29,30)/t20?,21-,23-/m0/s1. The number of guanidine groups is 1. The minimum Gasteiger partial charge on any atom is -0.396 e. The van der Waals surface area contributed by atoms with Crippen molar-refractivity contribution in [3.63, 3.8) is 0 Å². The van der Waals surface area contributed by atoms with Crippen LogP contribution in [-0.4, -0.2) is 53.0 Å². The zero-order valence-corrected chi connectivity index (χ0v) is 19.7. The molecule has 1 heterocycles. The second-order valence-corrected chi connectivity index (χ2v) is 8.59. The summed E-state index contributed by atoms with van der Waals surface area (Å²) in [5.74, 6) is -1.30. The number of aromatic nitrogens is 1. The van der Waals surface area contributed by atoms with Crippen LogP contribution < -0.4 is 22.1 Å². The van der Waals surface area contributed by atoms with Gasteiger partial charge in [-0.1, -0.05) is 48.5 Å². The molecule has 35 heavy (non-hydrogen) atoms. The summed E-state index contributed by atoms with van der Waals surface area (Å²) in [7, 11) is 0. The zero-order valence-electron chi connectivity index (χ0n) is 19.7. The van der Waals surface area contributed by atoms with Crippen LogP contribution in [0.1, 0.15) is 36.3 Å². The van der Waals surface area contributed by atoms with Gasteiger partial charge in [0.1, 0.15) is 0 Å². The Morgan fingerprint density at radius 1 is 1.06 bits per heavy atom. The molecule has 0 bridgehead atoms. The number of ketones is 1. The lowest BCUT2D eigenvalue weighted by Crippen LogP contribution is -2.50. The van der Waals surface area contributed by atoms with Crippen molar-refractivity contribution in [2.75, 3.05) is 13.2 Å². The first-order chi connectivity index (χ1) is 16.9. The highest BCUT2D eigenvalue weighted by Gasteiger charge is 2.30. The van der Waals surface area contributed by atoms with Crippen LogP contribution in [0.2, 0.25) is 0 Å². The molecule has 1 unspecified atom stereocenters. The van der Waals surface area contributed by atoms with Gasteiger partial charge in [0.15, 0.2) is 11.7 Å². The molecule has 0 spiro atoms. The Labute approximate surface area is 204 Å². The maximum absolute atomic E-state index is 13.6. The van der Waals surface area contributed by atoms with E-state index in [1.165, 1.54) is 0 Å². The number of H-pyrrole nitrogens is 1. The largest absolute Gasteiger partial charge is 0.396 e. The highest BCUT2D eigenvalue weighted by atomic mass is 16.3. The summed E-state index contributed by atoms with van der Waals surface area (Å²) in [6.07, 6.45) is 3.28. The Morgan fingerprint density at radius 3 is 2.49 bits per heavy atom. The Hall–Kier alpha value is -3.69. The third-order valence-corrected chi connectivity index (χ3v) is 6.06. The fourth-order valence-corrected chi connectivity index (χ4v) is 4.25. The Bertz CT molecular complexity index is 1130. The molecule has 0 saturated heterocycles. The highest BCUT2D eigenvalue weighted by Crippen LogP contribution is 2.24. The second kappa shape index (κ2) is 12.7. The number of rotatable bonds is 13. The molecule has 1 amide bonds. The third-order valence-electron chi connectivity index (χ3n) is 6.06. The molecular formula is C26H34N6O3. The molecule has 9 N–H and O–H groups in total. The van der Waals surface area contributed by atoms with Crippen LogP contribution >= 0.6 is 0 Å². The van der Waals surface area contributed by atoms with Crippen molar-refractivity contribution in [1.82, 2.24) is 15.6 Å². The van der Waals surface area contributed by atoms with Crippen LogP contribution in [0.4, 0.5) is 0 Å². The fraction of sp³-hybridized carbons (Fsp3) is 0.346. The number of nitrogens with two attached hydrogens (primary N) is 2. The Balaban J connectivity index is 1.73. The molecule has 0 aliphatic carbocycles. The van der Waals surface area contributed by atoms with Crippen molar-refractivity contribution in [1.29, 1.82) is 5.41 Å². The average molecular weight is 479 g/mol. The molecule has 3 rings (SSSR count). The number of Topliss-reactive ketones (excluding diaryl/α,β-unsaturated/α-hetero) is 1. The number of hydrogen-bond donors (Lipinski definition) is 7. The van der Waals surface area contributed by atoms with Crippen LogP contribution in [0.5, 0.6) is 0 Å². The smallest absolute Gasteiger partial charge is 0.237 e. The fourth-order valence-electron chi connectivity index (χ4n) is 4.25. The monoisotopic (exact) mass is 478 g/mol. The molecule has 186 valence electrons. The van der Waals surface area contributed by atoms with Crippen LogP contribution in [-0.2, 0) is 16.0 Å². The second-order valence-electron chi connectivity index (χ2n) is 8.59. The summed E-state index contributed by atoms with van der Waals surface area (Å²) in [5, 5.41) is 23.5. The van der Waals surface area contributed by atoms with E-state index in [1.54, 1.807) is 0 Å². The first kappa shape index (κ1) is 25.9. The number of aliphatic hydroxyl groups excluding tert-OH is 1. The van der Waals surface area contributed by atoms with E-state index in [4.69, 9.17) is 16.9 Å². The van der Waals surface area contributed by atoms with Gasteiger partial charge in [0, 0.05) is 36.2 Å². The van der Waals surface area contributed by atoms with Crippen molar-refractivity contribution in [3.05, 3.63) is 71.9 Å². The SMILES string of the molecule is N=C(N)NCCC[C@H](NC(=O)[C@@H](N)Cc1c[nH]c2ccccc12)C(=O)C(CCO)c1ccccc1. The highest BCUT2D eigenvalue weighted by molar-refractivity contribution is 5.95. The van der Waals surface area contributed by atoms with Gasteiger partial charge in [0.05, 0.1) is 12.1 Å². The van der Waals surface area contributed by atoms with Crippen LogP contribution in [0, 0.1) is 5.41 Å². The van der Waals surface area contributed by atoms with Crippen LogP contribution in [0.3, 0.4) is 0 Å². The van der Waals surface area contributed by atoms with Crippen molar-refractivity contribution in [2.45, 2.75) is 43.7 Å². The van der Waals surface area contributed by atoms with Crippen LogP contribution in [0.25, 0.3) is 10.9 Å². The lowest BCUT2D eigenvalue weighted by atomic mass is 9.86. The van der Waals surface area contributed by atoms with Crippen molar-refractivity contribution in [2.24, 2.45) is 11.5 Å². The molecule has 3 atom stereocenters. The van der Waals surface area contributed by atoms with Gasteiger partial charge in [-0.25, -0.2) is 0 Å². The lowest BCUT2D eigenvalue weighted by molar-refractivity contribution is -0.129. The molecule has 3 aromatic rings. The topological polar surface area (TPSA) is 170 Å². The summed E-state index contributed by atoms with van der Waals surface area (Å²) < 4.78 is 0. The normalized spacial score (nSPS) is 13.7. The van der Waals surface area contributed by atoms with Gasteiger partial charge in [-0.15, -0.1) is 0 Å². The molecule has 2 aromatic carbocycles. The van der Waals surface area contributed by atoms with Crippen LogP contribution in [0.15, 0.2) is 60.8 Å². The van der Waals surface area contributed by atoms with Gasteiger partial charge >= 0.3 is 0 Å². The van der Waals surface area contributed by atoms with Gasteiger partial charge < -0.3 is 32.2 Å². The summed E-state index contributed by atoms with van der Waals surface area (Å²) in [6.45, 7) is 0.240. The number of aromatic amines is 1. The summed E-state index contributed by atoms with van der Waals surface area (Å²) >= 11 is 0. The number of aliphatic hydroxyl groups is 1. The molecule has 9 heteroatoms. The molecular weight excluding hydrogens is 444 g/mol. The molecule has 9 nitrogen and oxygen atoms in total. The number of carbonyl (C=O) groups excluding carboxylic acids is 2. The van der Waals surface area contributed by atoms with Crippen molar-refractivity contribution < 1.29 is 14.7 Å². The van der Waals surface area contributed by atoms with E-state index < -0.39 is 23.9 Å². The predicted octanol–water partition coefficient (Wildman–Crippen LogP) is 1.52. The molecule has 0 aliphatic rings. The number of para-hydroxylation sites is 1. The lowest BCUT2D eigenvalue weighted by Gasteiger charge is -2.25. The quantitative estimate of drug-likeness (QED) is 0.112. The van der Waals surface area contributed by atoms with Crippen molar-refractivity contribution >= 4 is 28.6 Å². The summed E-state index contributed by atoms with van der Waals surface area (Å²) in [5.41, 5.74) is 14.3. The zero-order chi connectivity index (χ0) is 25.2. The minimum atomic E-state index is -0.840. The molecule has 0 aliphatic heterocycles. The first-order valence-corrected chi connectivity index (χ1v) is 11.8. The third kappa shape index (κ3) is 7.14. The van der Waals surface area contributed by atoms with Gasteiger partial charge in [-0.3, -0.25) is 15.0 Å². The molecule has 0 fully saturated rings. The van der Waals surface area contributed by atoms with Gasteiger partial charge in [-0.05, 0) is 42.9 Å². The maximum atomic E-state index is 13.6. The number of fused-ring (bicyclic) bond motifs is 1. The average Bonchev–Trinajstić information content (AvgIpc) is 3.27. The Morgan fingerprint density at radius 2 is 1.77 bits per heavy atom. The van der Waals surface area contributed by atoms with E-state index >= 15 is 0 Å². The molecule has 0 radical (unpaired) electrons. The maximum Gasteiger partial charge on any atom is 0.237 e. The van der Waals surface area contributed by atoms with Gasteiger partial charge in [-0.2, -0.15) is 0 Å². The summed E-state index contributed by atoms with van der Waals surface area (Å²) in [4.78, 5) is 29.8. The molecule has 1 aromatic heterocycles. The number of benzene rings is 2. The number of nitrogens with one attached hydrogen (secondary N) is 4. The van der Waals surface area contributed by atoms with E-state index in [9.17, 15) is 14.7 Å². The number of hydrogen-bond acceptors (Lipinski definition) is 5.